The number of thiophene rings is 1. The third-order valence-corrected chi connectivity index (χ3v) is 6.76. The Morgan fingerprint density at radius 3 is 2.61 bits per heavy atom. The number of aromatic nitrogens is 3. The number of anilines is 1. The van der Waals surface area contributed by atoms with Gasteiger partial charge < -0.3 is 5.32 Å². The van der Waals surface area contributed by atoms with Crippen LogP contribution in [0.1, 0.15) is 19.4 Å². The molecule has 172 valence electrons. The minimum atomic E-state index is -4.44. The summed E-state index contributed by atoms with van der Waals surface area (Å²) in [6.45, 7) is 4.40. The van der Waals surface area contributed by atoms with Crippen LogP contribution in [0.15, 0.2) is 52.5 Å². The number of hydrogen-bond donors (Lipinski definition) is 1. The van der Waals surface area contributed by atoms with E-state index in [2.05, 4.69) is 15.3 Å². The molecule has 0 aliphatic carbocycles. The Balaban J connectivity index is 1.58. The van der Waals surface area contributed by atoms with Crippen LogP contribution < -0.4 is 10.9 Å². The van der Waals surface area contributed by atoms with E-state index in [0.717, 1.165) is 34.1 Å². The number of alkyl halides is 3. The molecule has 0 atom stereocenters. The van der Waals surface area contributed by atoms with Crippen molar-refractivity contribution in [3.8, 4) is 0 Å². The van der Waals surface area contributed by atoms with E-state index in [1.807, 2.05) is 19.9 Å². The lowest BCUT2D eigenvalue weighted by atomic mass is 10.2. The van der Waals surface area contributed by atoms with Crippen LogP contribution in [-0.2, 0) is 17.5 Å². The molecule has 0 unspecified atom stereocenters. The SMILES string of the molecule is CC(C)Cn1c(SCC(=O)Nc2ccc(C(F)(F)F)cc2)nc2c(sc3ncccc32)c1=O. The quantitative estimate of drug-likeness (QED) is 0.288. The molecule has 0 aliphatic rings. The molecule has 0 saturated carbocycles. The number of thioether (sulfide) groups is 1. The van der Waals surface area contributed by atoms with E-state index in [4.69, 9.17) is 0 Å². The highest BCUT2D eigenvalue weighted by Crippen LogP contribution is 2.31. The molecule has 0 radical (unpaired) electrons. The number of carbonyl (C=O) groups excluding carboxylic acids is 1. The highest BCUT2D eigenvalue weighted by molar-refractivity contribution is 7.99. The lowest BCUT2D eigenvalue weighted by Crippen LogP contribution is -2.25. The summed E-state index contributed by atoms with van der Waals surface area (Å²) in [6.07, 6.45) is -2.78. The molecule has 3 aromatic heterocycles. The summed E-state index contributed by atoms with van der Waals surface area (Å²) >= 11 is 2.40. The van der Waals surface area contributed by atoms with E-state index in [1.165, 1.54) is 23.5 Å². The van der Waals surface area contributed by atoms with Gasteiger partial charge >= 0.3 is 6.18 Å². The number of pyridine rings is 1. The molecule has 0 fully saturated rings. The summed E-state index contributed by atoms with van der Waals surface area (Å²) in [7, 11) is 0. The van der Waals surface area contributed by atoms with Gasteiger partial charge in [-0.3, -0.25) is 14.2 Å². The van der Waals surface area contributed by atoms with Gasteiger partial charge in [-0.1, -0.05) is 25.6 Å². The topological polar surface area (TPSA) is 76.9 Å². The average Bonchev–Trinajstić information content (AvgIpc) is 3.13. The highest BCUT2D eigenvalue weighted by atomic mass is 32.2. The van der Waals surface area contributed by atoms with E-state index in [9.17, 15) is 22.8 Å². The van der Waals surface area contributed by atoms with Crippen LogP contribution in [0.3, 0.4) is 0 Å². The maximum atomic E-state index is 13.2. The number of halogens is 3. The zero-order valence-corrected chi connectivity index (χ0v) is 19.3. The minimum Gasteiger partial charge on any atom is -0.325 e. The number of rotatable bonds is 6. The molecule has 1 N–H and O–H groups in total. The summed E-state index contributed by atoms with van der Waals surface area (Å²) in [5.41, 5.74) is -0.157. The summed E-state index contributed by atoms with van der Waals surface area (Å²) in [5.74, 6) is -0.297. The molecule has 1 aromatic carbocycles. The first kappa shape index (κ1) is 23.2. The molecular formula is C22H19F3N4O2S2. The number of nitrogens with zero attached hydrogens (tertiary/aromatic N) is 3. The number of nitrogens with one attached hydrogen (secondary N) is 1. The van der Waals surface area contributed by atoms with Crippen LogP contribution in [0.5, 0.6) is 0 Å². The van der Waals surface area contributed by atoms with Crippen molar-refractivity contribution in [2.45, 2.75) is 31.7 Å². The van der Waals surface area contributed by atoms with Gasteiger partial charge in [0, 0.05) is 23.8 Å². The number of hydrogen-bond acceptors (Lipinski definition) is 6. The van der Waals surface area contributed by atoms with Gasteiger partial charge in [0.1, 0.15) is 9.53 Å². The number of amides is 1. The van der Waals surface area contributed by atoms with Gasteiger partial charge in [-0.15, -0.1) is 11.3 Å². The molecule has 0 aliphatic heterocycles. The summed E-state index contributed by atoms with van der Waals surface area (Å²) in [5, 5.41) is 3.77. The van der Waals surface area contributed by atoms with Crippen molar-refractivity contribution in [2.75, 3.05) is 11.1 Å². The van der Waals surface area contributed by atoms with Crippen LogP contribution in [-0.4, -0.2) is 26.2 Å². The van der Waals surface area contributed by atoms with Crippen LogP contribution in [0.2, 0.25) is 0 Å². The zero-order valence-electron chi connectivity index (χ0n) is 17.6. The van der Waals surface area contributed by atoms with Gasteiger partial charge in [0.25, 0.3) is 5.56 Å². The van der Waals surface area contributed by atoms with Gasteiger partial charge in [-0.2, -0.15) is 13.2 Å². The van der Waals surface area contributed by atoms with Crippen molar-refractivity contribution >= 4 is 55.1 Å². The first-order chi connectivity index (χ1) is 15.6. The minimum absolute atomic E-state index is 0.0582. The second kappa shape index (κ2) is 9.14. The monoisotopic (exact) mass is 492 g/mol. The Morgan fingerprint density at radius 2 is 1.94 bits per heavy atom. The Hall–Kier alpha value is -2.92. The van der Waals surface area contributed by atoms with Crippen molar-refractivity contribution in [1.29, 1.82) is 0 Å². The normalized spacial score (nSPS) is 12.1. The van der Waals surface area contributed by atoms with Crippen molar-refractivity contribution in [3.63, 3.8) is 0 Å². The van der Waals surface area contributed by atoms with Crippen molar-refractivity contribution in [1.82, 2.24) is 14.5 Å². The fourth-order valence-electron chi connectivity index (χ4n) is 3.25. The lowest BCUT2D eigenvalue weighted by molar-refractivity contribution is -0.137. The molecule has 0 spiro atoms. The smallest absolute Gasteiger partial charge is 0.325 e. The predicted molar refractivity (Wildman–Crippen MR) is 125 cm³/mol. The highest BCUT2D eigenvalue weighted by Gasteiger charge is 2.30. The third kappa shape index (κ3) is 5.03. The van der Waals surface area contributed by atoms with Crippen LogP contribution in [0, 0.1) is 5.92 Å². The van der Waals surface area contributed by atoms with Gasteiger partial charge in [-0.25, -0.2) is 9.97 Å². The maximum Gasteiger partial charge on any atom is 0.416 e. The van der Waals surface area contributed by atoms with E-state index >= 15 is 0 Å². The second-order valence-corrected chi connectivity index (χ2v) is 9.69. The Labute approximate surface area is 194 Å². The Morgan fingerprint density at radius 1 is 1.21 bits per heavy atom. The molecule has 0 saturated heterocycles. The third-order valence-electron chi connectivity index (χ3n) is 4.69. The first-order valence-electron chi connectivity index (χ1n) is 10.0. The molecule has 33 heavy (non-hydrogen) atoms. The standard InChI is InChI=1S/C22H19F3N4O2S2/c1-12(2)10-29-20(31)18-17(15-4-3-9-26-19(15)33-18)28-21(29)32-11-16(30)27-14-7-5-13(6-8-14)22(23,24)25/h3-9,12H,10-11H2,1-2H3,(H,27,30). The number of benzene rings is 1. The molecule has 6 nitrogen and oxygen atoms in total. The Bertz CT molecular complexity index is 1380. The number of carbonyl (C=O) groups is 1. The zero-order chi connectivity index (χ0) is 23.8. The molecule has 11 heteroatoms. The van der Waals surface area contributed by atoms with Gasteiger partial charge in [0.2, 0.25) is 5.91 Å². The molecular weight excluding hydrogens is 473 g/mol. The van der Waals surface area contributed by atoms with E-state index < -0.39 is 17.6 Å². The molecule has 4 rings (SSSR count). The summed E-state index contributed by atoms with van der Waals surface area (Å²) in [4.78, 5) is 35.4. The lowest BCUT2D eigenvalue weighted by Gasteiger charge is -2.14. The maximum absolute atomic E-state index is 13.2. The van der Waals surface area contributed by atoms with Gasteiger partial charge in [-0.05, 0) is 42.3 Å². The summed E-state index contributed by atoms with van der Waals surface area (Å²) in [6, 6.07) is 7.86. The Kier molecular flexibility index (Phi) is 6.44. The van der Waals surface area contributed by atoms with Crippen molar-refractivity contribution in [3.05, 3.63) is 58.5 Å². The van der Waals surface area contributed by atoms with E-state index in [1.54, 1.807) is 16.8 Å². The fraction of sp³-hybridized carbons (Fsp3) is 0.273. The average molecular weight is 493 g/mol. The fourth-order valence-corrected chi connectivity index (χ4v) is 5.08. The van der Waals surface area contributed by atoms with Gasteiger partial charge in [0.15, 0.2) is 5.16 Å². The van der Waals surface area contributed by atoms with Crippen LogP contribution in [0.25, 0.3) is 20.4 Å². The van der Waals surface area contributed by atoms with Crippen molar-refractivity contribution in [2.24, 2.45) is 5.92 Å². The number of fused-ring (bicyclic) bond motifs is 3. The first-order valence-corrected chi connectivity index (χ1v) is 11.8. The van der Waals surface area contributed by atoms with E-state index in [0.29, 0.717) is 21.9 Å². The van der Waals surface area contributed by atoms with Crippen LogP contribution >= 0.6 is 23.1 Å². The second-order valence-electron chi connectivity index (χ2n) is 7.75. The summed E-state index contributed by atoms with van der Waals surface area (Å²) < 4.78 is 40.2. The molecule has 4 aromatic rings. The van der Waals surface area contributed by atoms with Gasteiger partial charge in [0.05, 0.1) is 16.8 Å². The van der Waals surface area contributed by atoms with Crippen molar-refractivity contribution < 1.29 is 18.0 Å². The van der Waals surface area contributed by atoms with Crippen LogP contribution in [0.4, 0.5) is 18.9 Å². The molecule has 3 heterocycles. The molecule has 1 amide bonds. The predicted octanol–water partition coefficient (Wildman–Crippen LogP) is 5.41. The molecule has 0 bridgehead atoms. The van der Waals surface area contributed by atoms with E-state index in [-0.39, 0.29) is 22.9 Å². The largest absolute Gasteiger partial charge is 0.416 e.